The third-order valence-corrected chi connectivity index (χ3v) is 5.62. The first-order valence-electron chi connectivity index (χ1n) is 8.59. The molecule has 0 saturated heterocycles. The van der Waals surface area contributed by atoms with Gasteiger partial charge in [0.25, 0.3) is 0 Å². The van der Waals surface area contributed by atoms with Crippen LogP contribution >= 0.6 is 11.9 Å². The van der Waals surface area contributed by atoms with Crippen LogP contribution in [0.1, 0.15) is 11.1 Å². The van der Waals surface area contributed by atoms with Crippen molar-refractivity contribution in [2.45, 2.75) is 23.8 Å². The van der Waals surface area contributed by atoms with Gasteiger partial charge in [-0.3, -0.25) is 19.2 Å². The molecule has 0 aliphatic carbocycles. The van der Waals surface area contributed by atoms with Crippen molar-refractivity contribution in [3.05, 3.63) is 59.7 Å². The van der Waals surface area contributed by atoms with Gasteiger partial charge in [-0.1, -0.05) is 24.3 Å². The number of nitrogens with one attached hydrogen (secondary N) is 2. The van der Waals surface area contributed by atoms with Crippen molar-refractivity contribution in [3.8, 4) is 11.3 Å². The van der Waals surface area contributed by atoms with E-state index in [0.29, 0.717) is 11.0 Å². The molecule has 0 saturated carbocycles. The molecule has 2 N–H and O–H groups in total. The number of hydrogen-bond acceptors (Lipinski definition) is 7. The van der Waals surface area contributed by atoms with Crippen molar-refractivity contribution in [2.24, 2.45) is 0 Å². The van der Waals surface area contributed by atoms with Gasteiger partial charge >= 0.3 is 0 Å². The molecule has 0 amide bonds. The van der Waals surface area contributed by atoms with E-state index in [9.17, 15) is 4.21 Å². The first kappa shape index (κ1) is 20.3. The maximum absolute atomic E-state index is 12.1. The number of hydrogen-bond donors (Lipinski definition) is 2. The molecular weight excluding hydrogens is 392 g/mol. The molecular formula is C20H22N4O2S2. The predicted octanol–water partition coefficient (Wildman–Crippen LogP) is 4.59. The van der Waals surface area contributed by atoms with Crippen LogP contribution in [0.5, 0.6) is 0 Å². The Morgan fingerprint density at radius 3 is 2.43 bits per heavy atom. The molecule has 1 heterocycles. The minimum absolute atomic E-state index is 0.417. The lowest BCUT2D eigenvalue weighted by Crippen LogP contribution is -2.03. The van der Waals surface area contributed by atoms with Crippen molar-refractivity contribution < 1.29 is 9.05 Å². The van der Waals surface area contributed by atoms with Crippen molar-refractivity contribution in [1.82, 2.24) is 9.97 Å². The molecule has 146 valence electrons. The molecule has 0 spiro atoms. The highest BCUT2D eigenvalue weighted by Gasteiger charge is 2.13. The van der Waals surface area contributed by atoms with Crippen LogP contribution in [0, 0.1) is 13.8 Å². The number of nitrogens with zero attached hydrogens (tertiary/aromatic N) is 2. The van der Waals surface area contributed by atoms with Crippen molar-refractivity contribution in [3.63, 3.8) is 0 Å². The molecule has 1 atom stereocenters. The Labute approximate surface area is 171 Å². The average molecular weight is 415 g/mol. The molecule has 1 aromatic heterocycles. The van der Waals surface area contributed by atoms with Crippen LogP contribution in [0.15, 0.2) is 58.5 Å². The third-order valence-electron chi connectivity index (χ3n) is 4.05. The first-order chi connectivity index (χ1) is 13.5. The van der Waals surface area contributed by atoms with Crippen LogP contribution in [0.2, 0.25) is 0 Å². The van der Waals surface area contributed by atoms with E-state index in [1.54, 1.807) is 19.4 Å². The van der Waals surface area contributed by atoms with Crippen LogP contribution < -0.4 is 10.2 Å². The summed E-state index contributed by atoms with van der Waals surface area (Å²) >= 11 is 1.38. The monoisotopic (exact) mass is 414 g/mol. The summed E-state index contributed by atoms with van der Waals surface area (Å²) in [5, 5.41) is 0.491. The highest BCUT2D eigenvalue weighted by molar-refractivity contribution is 8.00. The Kier molecular flexibility index (Phi) is 6.66. The minimum Gasteiger partial charge on any atom is -0.294 e. The summed E-state index contributed by atoms with van der Waals surface area (Å²) in [6.07, 6.45) is 1.62. The zero-order valence-corrected chi connectivity index (χ0v) is 17.8. The standard InChI is InChI=1S/C20H22N4O2S2/c1-13-7-5-8-14(2)19(13)17-12-18(28(4)25)22-20(21-17)24-27-16-10-6-9-15(11-16)23-26-3/h5-12,23H,1-4H3,(H,21,22,24). The second-order valence-corrected chi connectivity index (χ2v) is 8.38. The van der Waals surface area contributed by atoms with Gasteiger partial charge in [-0.05, 0) is 61.2 Å². The average Bonchev–Trinajstić information content (AvgIpc) is 2.67. The smallest absolute Gasteiger partial charge is 0.234 e. The van der Waals surface area contributed by atoms with Gasteiger partial charge in [-0.25, -0.2) is 9.97 Å². The minimum atomic E-state index is -1.22. The van der Waals surface area contributed by atoms with E-state index < -0.39 is 10.8 Å². The highest BCUT2D eigenvalue weighted by Crippen LogP contribution is 2.29. The van der Waals surface area contributed by atoms with Gasteiger partial charge in [-0.15, -0.1) is 0 Å². The molecule has 3 rings (SSSR count). The summed E-state index contributed by atoms with van der Waals surface area (Å²) in [6.45, 7) is 4.09. The largest absolute Gasteiger partial charge is 0.294 e. The number of benzene rings is 2. The van der Waals surface area contributed by atoms with Gasteiger partial charge in [0.15, 0.2) is 0 Å². The molecule has 28 heavy (non-hydrogen) atoms. The normalized spacial score (nSPS) is 11.9. The van der Waals surface area contributed by atoms with Crippen LogP contribution in [0.4, 0.5) is 11.6 Å². The van der Waals surface area contributed by atoms with Gasteiger partial charge in [0.1, 0.15) is 5.03 Å². The van der Waals surface area contributed by atoms with Crippen LogP contribution in [0.25, 0.3) is 11.3 Å². The highest BCUT2D eigenvalue weighted by atomic mass is 32.2. The van der Waals surface area contributed by atoms with Gasteiger partial charge in [0.05, 0.1) is 29.3 Å². The van der Waals surface area contributed by atoms with Gasteiger partial charge in [0, 0.05) is 16.7 Å². The first-order valence-corrected chi connectivity index (χ1v) is 11.0. The molecule has 2 aromatic carbocycles. The summed E-state index contributed by atoms with van der Waals surface area (Å²) in [5.74, 6) is 0.417. The Hall–Kier alpha value is -2.42. The molecule has 0 radical (unpaired) electrons. The van der Waals surface area contributed by atoms with E-state index in [4.69, 9.17) is 4.84 Å². The van der Waals surface area contributed by atoms with E-state index in [-0.39, 0.29) is 0 Å². The summed E-state index contributed by atoms with van der Waals surface area (Å²) in [5.41, 5.74) is 7.67. The van der Waals surface area contributed by atoms with Crippen LogP contribution in [0.3, 0.4) is 0 Å². The Morgan fingerprint density at radius 1 is 1.04 bits per heavy atom. The lowest BCUT2D eigenvalue weighted by atomic mass is 10.00. The molecule has 8 heteroatoms. The van der Waals surface area contributed by atoms with Crippen LogP contribution in [-0.4, -0.2) is 27.5 Å². The van der Waals surface area contributed by atoms with E-state index in [2.05, 4.69) is 20.2 Å². The maximum atomic E-state index is 12.1. The molecule has 3 aromatic rings. The summed E-state index contributed by atoms with van der Waals surface area (Å²) in [7, 11) is 0.349. The predicted molar refractivity (Wildman–Crippen MR) is 116 cm³/mol. The van der Waals surface area contributed by atoms with Gasteiger partial charge < -0.3 is 0 Å². The van der Waals surface area contributed by atoms with E-state index >= 15 is 0 Å². The zero-order valence-electron chi connectivity index (χ0n) is 16.1. The fraction of sp³-hybridized carbons (Fsp3) is 0.200. The number of aromatic nitrogens is 2. The quantitative estimate of drug-likeness (QED) is 0.333. The van der Waals surface area contributed by atoms with Gasteiger partial charge in [0.2, 0.25) is 5.95 Å². The number of rotatable bonds is 7. The fourth-order valence-corrected chi connectivity index (χ4v) is 3.94. The number of anilines is 2. The van der Waals surface area contributed by atoms with Crippen molar-refractivity contribution in [1.29, 1.82) is 0 Å². The maximum Gasteiger partial charge on any atom is 0.234 e. The molecule has 0 bridgehead atoms. The summed E-state index contributed by atoms with van der Waals surface area (Å²) in [6, 6.07) is 15.6. The molecule has 1 unspecified atom stereocenters. The Balaban J connectivity index is 1.92. The van der Waals surface area contributed by atoms with E-state index in [0.717, 1.165) is 33.0 Å². The summed E-state index contributed by atoms with van der Waals surface area (Å²) in [4.78, 5) is 15.0. The second-order valence-electron chi connectivity index (χ2n) is 6.17. The van der Waals surface area contributed by atoms with Crippen molar-refractivity contribution in [2.75, 3.05) is 23.6 Å². The van der Waals surface area contributed by atoms with E-state index in [1.807, 2.05) is 56.3 Å². The van der Waals surface area contributed by atoms with Gasteiger partial charge in [-0.2, -0.15) is 0 Å². The van der Waals surface area contributed by atoms with Crippen molar-refractivity contribution >= 4 is 34.4 Å². The SMILES string of the molecule is CONc1cccc(SNc2nc(-c3c(C)cccc3C)cc(S(C)=O)n2)c1. The third kappa shape index (κ3) is 4.89. The second kappa shape index (κ2) is 9.18. The molecule has 0 fully saturated rings. The topological polar surface area (TPSA) is 76.1 Å². The lowest BCUT2D eigenvalue weighted by Gasteiger charge is -2.12. The van der Waals surface area contributed by atoms with E-state index in [1.165, 1.54) is 11.9 Å². The lowest BCUT2D eigenvalue weighted by molar-refractivity contribution is 0.271. The molecule has 0 aliphatic rings. The summed E-state index contributed by atoms with van der Waals surface area (Å²) < 4.78 is 15.3. The Bertz CT molecular complexity index is 991. The molecule has 0 aliphatic heterocycles. The zero-order chi connectivity index (χ0) is 20.1. The van der Waals surface area contributed by atoms with Crippen LogP contribution in [-0.2, 0) is 15.6 Å². The number of aryl methyl sites for hydroxylation is 2. The fourth-order valence-electron chi connectivity index (χ4n) is 2.81. The molecule has 6 nitrogen and oxygen atoms in total. The Morgan fingerprint density at radius 2 is 1.75 bits per heavy atom.